The standard InChI is InChI=1S/C18H31NO6/c1-11(2)6-5-7-12(3)8-9-18(24)17(19-13(4)21)16(23)15(22)14(10-20)25-18/h6,8,14-17,20,22-24H,5,7,9-10H2,1-4H3,(H,19,21)/b12-8+/t14-,15-,16+,17-,18-/m1/s1. The van der Waals surface area contributed by atoms with E-state index in [9.17, 15) is 25.2 Å². The van der Waals surface area contributed by atoms with Crippen molar-refractivity contribution in [3.63, 3.8) is 0 Å². The molecule has 0 aromatic carbocycles. The van der Waals surface area contributed by atoms with Crippen molar-refractivity contribution in [1.82, 2.24) is 5.32 Å². The minimum atomic E-state index is -1.92. The highest BCUT2D eigenvalue weighted by molar-refractivity contribution is 5.73. The quantitative estimate of drug-likeness (QED) is 0.420. The Morgan fingerprint density at radius 1 is 1.16 bits per heavy atom. The molecule has 0 radical (unpaired) electrons. The van der Waals surface area contributed by atoms with Gasteiger partial charge in [-0.1, -0.05) is 23.3 Å². The highest BCUT2D eigenvalue weighted by atomic mass is 16.6. The molecule has 0 saturated carbocycles. The van der Waals surface area contributed by atoms with Crippen LogP contribution in [0.25, 0.3) is 0 Å². The predicted molar refractivity (Wildman–Crippen MR) is 93.6 cm³/mol. The molecule has 1 heterocycles. The Hall–Kier alpha value is -1.25. The topological polar surface area (TPSA) is 119 Å². The minimum absolute atomic E-state index is 0.0128. The van der Waals surface area contributed by atoms with Crippen LogP contribution in [0.15, 0.2) is 23.3 Å². The molecule has 1 aliphatic heterocycles. The van der Waals surface area contributed by atoms with Gasteiger partial charge in [-0.05, 0) is 33.6 Å². The molecule has 1 saturated heterocycles. The summed E-state index contributed by atoms with van der Waals surface area (Å²) < 4.78 is 5.44. The molecular formula is C18H31NO6. The number of aliphatic hydroxyl groups is 4. The second kappa shape index (κ2) is 9.45. The van der Waals surface area contributed by atoms with Gasteiger partial charge in [0.15, 0.2) is 5.79 Å². The number of nitrogens with one attached hydrogen (secondary N) is 1. The fourth-order valence-electron chi connectivity index (χ4n) is 2.84. The van der Waals surface area contributed by atoms with Crippen LogP contribution in [0.4, 0.5) is 0 Å². The van der Waals surface area contributed by atoms with Gasteiger partial charge in [0.2, 0.25) is 5.91 Å². The molecule has 7 nitrogen and oxygen atoms in total. The van der Waals surface area contributed by atoms with Crippen LogP contribution >= 0.6 is 0 Å². The molecule has 5 N–H and O–H groups in total. The number of carbonyl (C=O) groups is 1. The summed E-state index contributed by atoms with van der Waals surface area (Å²) in [5, 5.41) is 42.8. The fourth-order valence-corrected chi connectivity index (χ4v) is 2.84. The first-order valence-corrected chi connectivity index (χ1v) is 8.54. The molecule has 7 heteroatoms. The Labute approximate surface area is 149 Å². The average molecular weight is 357 g/mol. The summed E-state index contributed by atoms with van der Waals surface area (Å²) in [5.41, 5.74) is 2.26. The van der Waals surface area contributed by atoms with E-state index in [0.717, 1.165) is 18.4 Å². The van der Waals surface area contributed by atoms with Gasteiger partial charge in [-0.2, -0.15) is 0 Å². The van der Waals surface area contributed by atoms with E-state index < -0.39 is 42.7 Å². The Bertz CT molecular complexity index is 514. The monoisotopic (exact) mass is 357 g/mol. The van der Waals surface area contributed by atoms with E-state index in [-0.39, 0.29) is 6.42 Å². The Kier molecular flexibility index (Phi) is 8.24. The SMILES string of the molecule is CC(=O)N[C@@H]1[C@@H](O)[C@H](O)[C@@H](CO)O[C@]1(O)C/C=C(\C)CCC=C(C)C. The van der Waals surface area contributed by atoms with Crippen molar-refractivity contribution in [3.8, 4) is 0 Å². The summed E-state index contributed by atoms with van der Waals surface area (Å²) in [6.07, 6.45) is 1.59. The zero-order valence-electron chi connectivity index (χ0n) is 15.4. The van der Waals surface area contributed by atoms with E-state index in [1.807, 2.05) is 20.8 Å². The third-order valence-corrected chi connectivity index (χ3v) is 4.29. The van der Waals surface area contributed by atoms with Gasteiger partial charge >= 0.3 is 0 Å². The minimum Gasteiger partial charge on any atom is -0.394 e. The largest absolute Gasteiger partial charge is 0.394 e. The van der Waals surface area contributed by atoms with Crippen molar-refractivity contribution in [2.45, 2.75) is 77.1 Å². The number of hydrogen-bond donors (Lipinski definition) is 5. The lowest BCUT2D eigenvalue weighted by Gasteiger charge is -2.47. The van der Waals surface area contributed by atoms with Gasteiger partial charge in [0, 0.05) is 13.3 Å². The summed E-state index contributed by atoms with van der Waals surface area (Å²) in [6.45, 7) is 6.66. The van der Waals surface area contributed by atoms with Crippen molar-refractivity contribution < 1.29 is 30.0 Å². The molecule has 5 atom stereocenters. The van der Waals surface area contributed by atoms with Crippen molar-refractivity contribution in [1.29, 1.82) is 0 Å². The van der Waals surface area contributed by atoms with Crippen LogP contribution in [0.2, 0.25) is 0 Å². The van der Waals surface area contributed by atoms with Gasteiger partial charge in [-0.25, -0.2) is 0 Å². The maximum absolute atomic E-state index is 11.4. The van der Waals surface area contributed by atoms with Crippen LogP contribution in [0.3, 0.4) is 0 Å². The molecule has 0 unspecified atom stereocenters. The average Bonchev–Trinajstić information content (AvgIpc) is 2.53. The van der Waals surface area contributed by atoms with Crippen LogP contribution < -0.4 is 5.32 Å². The van der Waals surface area contributed by atoms with Gasteiger partial charge in [-0.15, -0.1) is 0 Å². The second-order valence-corrected chi connectivity index (χ2v) is 6.92. The summed E-state index contributed by atoms with van der Waals surface area (Å²) in [7, 11) is 0. The molecule has 0 bridgehead atoms. The number of carbonyl (C=O) groups excluding carboxylic acids is 1. The highest BCUT2D eigenvalue weighted by Crippen LogP contribution is 2.31. The third kappa shape index (κ3) is 6.20. The zero-order valence-corrected chi connectivity index (χ0v) is 15.4. The van der Waals surface area contributed by atoms with Gasteiger partial charge in [0.05, 0.1) is 6.61 Å². The van der Waals surface area contributed by atoms with Gasteiger partial charge in [0.25, 0.3) is 0 Å². The molecule has 25 heavy (non-hydrogen) atoms. The summed E-state index contributed by atoms with van der Waals surface area (Å²) in [4.78, 5) is 11.4. The van der Waals surface area contributed by atoms with Crippen LogP contribution in [0, 0.1) is 0 Å². The molecule has 0 aromatic rings. The summed E-state index contributed by atoms with van der Waals surface area (Å²) in [6, 6.07) is -1.20. The Morgan fingerprint density at radius 3 is 2.32 bits per heavy atom. The van der Waals surface area contributed by atoms with Crippen molar-refractivity contribution in [2.24, 2.45) is 0 Å². The molecule has 0 aromatic heterocycles. The van der Waals surface area contributed by atoms with Crippen LogP contribution in [0.5, 0.6) is 0 Å². The molecule has 1 fully saturated rings. The molecular weight excluding hydrogens is 326 g/mol. The maximum Gasteiger partial charge on any atom is 0.217 e. The Morgan fingerprint density at radius 2 is 1.80 bits per heavy atom. The normalized spacial score (nSPS) is 33.0. The molecule has 1 rings (SSSR count). The van der Waals surface area contributed by atoms with E-state index in [1.54, 1.807) is 6.08 Å². The predicted octanol–water partition coefficient (Wildman–Crippen LogP) is 0.375. The molecule has 0 aliphatic carbocycles. The van der Waals surface area contributed by atoms with E-state index in [1.165, 1.54) is 12.5 Å². The van der Waals surface area contributed by atoms with Crippen LogP contribution in [0.1, 0.15) is 47.0 Å². The number of allylic oxidation sites excluding steroid dienone is 3. The first-order valence-electron chi connectivity index (χ1n) is 8.54. The number of hydrogen-bond acceptors (Lipinski definition) is 6. The fraction of sp³-hybridized carbons (Fsp3) is 0.722. The van der Waals surface area contributed by atoms with E-state index >= 15 is 0 Å². The van der Waals surface area contributed by atoms with Gasteiger partial charge < -0.3 is 30.5 Å². The number of rotatable bonds is 7. The number of ether oxygens (including phenoxy) is 1. The zero-order chi connectivity index (χ0) is 19.2. The van der Waals surface area contributed by atoms with Gasteiger partial charge in [0.1, 0.15) is 24.4 Å². The maximum atomic E-state index is 11.4. The van der Waals surface area contributed by atoms with Crippen molar-refractivity contribution in [3.05, 3.63) is 23.3 Å². The molecule has 1 aliphatic rings. The molecule has 144 valence electrons. The highest BCUT2D eigenvalue weighted by Gasteiger charge is 2.52. The first kappa shape index (κ1) is 21.8. The molecule has 0 spiro atoms. The van der Waals surface area contributed by atoms with Crippen molar-refractivity contribution >= 4 is 5.91 Å². The third-order valence-electron chi connectivity index (χ3n) is 4.29. The van der Waals surface area contributed by atoms with Crippen molar-refractivity contribution in [2.75, 3.05) is 6.61 Å². The Balaban J connectivity index is 2.91. The van der Waals surface area contributed by atoms with Crippen LogP contribution in [-0.4, -0.2) is 63.1 Å². The van der Waals surface area contributed by atoms with Gasteiger partial charge in [-0.3, -0.25) is 4.79 Å². The van der Waals surface area contributed by atoms with E-state index in [4.69, 9.17) is 4.74 Å². The van der Waals surface area contributed by atoms with Crippen LogP contribution in [-0.2, 0) is 9.53 Å². The number of amides is 1. The van der Waals surface area contributed by atoms with E-state index in [0.29, 0.717) is 0 Å². The lowest BCUT2D eigenvalue weighted by atomic mass is 9.87. The summed E-state index contributed by atoms with van der Waals surface area (Å²) >= 11 is 0. The summed E-state index contributed by atoms with van der Waals surface area (Å²) in [5.74, 6) is -2.39. The molecule has 1 amide bonds. The number of aliphatic hydroxyl groups excluding tert-OH is 3. The first-order chi connectivity index (χ1) is 11.6. The van der Waals surface area contributed by atoms with E-state index in [2.05, 4.69) is 11.4 Å². The lowest BCUT2D eigenvalue weighted by molar-refractivity contribution is -0.316. The second-order valence-electron chi connectivity index (χ2n) is 6.92. The smallest absolute Gasteiger partial charge is 0.217 e. The lowest BCUT2D eigenvalue weighted by Crippen LogP contribution is -2.70.